The minimum atomic E-state index is -4.97. The number of aliphatic imine (C=N–C) groups is 1. The maximum Gasteiger partial charge on any atom is 0.471 e. The molecule has 0 atom stereocenters. The van der Waals surface area contributed by atoms with Gasteiger partial charge in [0.25, 0.3) is 5.56 Å². The number of carbonyl (C=O) groups is 1. The number of hydrogen-bond acceptors (Lipinski definition) is 4. The molecule has 0 saturated heterocycles. The Kier molecular flexibility index (Phi) is 5.35. The van der Waals surface area contributed by atoms with E-state index in [9.17, 15) is 22.8 Å². The maximum atomic E-state index is 12.3. The molecule has 26 heavy (non-hydrogen) atoms. The van der Waals surface area contributed by atoms with Crippen molar-refractivity contribution in [1.82, 2.24) is 24.8 Å². The molecule has 0 aliphatic rings. The Balaban J connectivity index is 2.30. The van der Waals surface area contributed by atoms with Crippen LogP contribution in [0.3, 0.4) is 0 Å². The first kappa shape index (κ1) is 19.0. The van der Waals surface area contributed by atoms with Crippen molar-refractivity contribution in [2.75, 3.05) is 20.6 Å². The average Bonchev–Trinajstić information content (AvgIpc) is 2.85. The fourth-order valence-electron chi connectivity index (χ4n) is 1.96. The Labute approximate surface area is 145 Å². The van der Waals surface area contributed by atoms with Crippen LogP contribution in [0.5, 0.6) is 0 Å². The number of rotatable bonds is 3. The monoisotopic (exact) mass is 368 g/mol. The molecule has 0 radical (unpaired) electrons. The fourth-order valence-corrected chi connectivity index (χ4v) is 1.96. The topological polar surface area (TPSA) is 95.4 Å². The molecule has 2 aromatic rings. The van der Waals surface area contributed by atoms with Gasteiger partial charge >= 0.3 is 12.1 Å². The highest BCUT2D eigenvalue weighted by Gasteiger charge is 2.38. The zero-order valence-electron chi connectivity index (χ0n) is 14.1. The highest BCUT2D eigenvalue weighted by molar-refractivity contribution is 5.84. The second-order valence-electron chi connectivity index (χ2n) is 5.43. The van der Waals surface area contributed by atoms with Crippen LogP contribution in [-0.2, 0) is 11.8 Å². The number of amides is 1. The molecule has 0 fully saturated rings. The highest BCUT2D eigenvalue weighted by atomic mass is 19.4. The number of fused-ring (bicyclic) bond motifs is 1. The fraction of sp³-hybridized carbons (Fsp3) is 0.333. The molecular formula is C15H15F3N6O2. The van der Waals surface area contributed by atoms with Gasteiger partial charge in [0.15, 0.2) is 5.65 Å². The van der Waals surface area contributed by atoms with E-state index in [-0.39, 0.29) is 16.9 Å². The first-order chi connectivity index (χ1) is 12.1. The van der Waals surface area contributed by atoms with Crippen LogP contribution in [0.1, 0.15) is 5.56 Å². The Morgan fingerprint density at radius 1 is 1.50 bits per heavy atom. The van der Waals surface area contributed by atoms with Gasteiger partial charge in [0, 0.05) is 27.3 Å². The van der Waals surface area contributed by atoms with Crippen molar-refractivity contribution in [3.63, 3.8) is 0 Å². The van der Waals surface area contributed by atoms with E-state index in [1.807, 2.05) is 0 Å². The third kappa shape index (κ3) is 4.41. The molecule has 2 heterocycles. The zero-order valence-corrected chi connectivity index (χ0v) is 14.1. The van der Waals surface area contributed by atoms with Crippen molar-refractivity contribution in [3.05, 3.63) is 22.1 Å². The molecule has 2 aromatic heterocycles. The molecule has 0 bridgehead atoms. The van der Waals surface area contributed by atoms with Crippen LogP contribution < -0.4 is 10.9 Å². The van der Waals surface area contributed by atoms with Crippen molar-refractivity contribution in [1.29, 1.82) is 0 Å². The molecule has 0 aromatic carbocycles. The summed E-state index contributed by atoms with van der Waals surface area (Å²) in [6.45, 7) is -0.509. The number of alkyl halides is 3. The lowest BCUT2D eigenvalue weighted by atomic mass is 10.2. The third-order valence-corrected chi connectivity index (χ3v) is 3.04. The van der Waals surface area contributed by atoms with E-state index in [2.05, 4.69) is 26.8 Å². The van der Waals surface area contributed by atoms with Crippen molar-refractivity contribution in [2.24, 2.45) is 12.0 Å². The number of aryl methyl sites for hydroxylation is 1. The van der Waals surface area contributed by atoms with E-state index in [1.165, 1.54) is 12.5 Å². The molecular weight excluding hydrogens is 353 g/mol. The van der Waals surface area contributed by atoms with Crippen molar-refractivity contribution in [2.45, 2.75) is 6.18 Å². The lowest BCUT2D eigenvalue weighted by Crippen LogP contribution is -2.36. The van der Waals surface area contributed by atoms with E-state index in [0.717, 1.165) is 0 Å². The summed E-state index contributed by atoms with van der Waals surface area (Å²) in [5, 5.41) is 1.82. The third-order valence-electron chi connectivity index (χ3n) is 3.04. The van der Waals surface area contributed by atoms with Crippen molar-refractivity contribution >= 4 is 29.2 Å². The van der Waals surface area contributed by atoms with Crippen LogP contribution in [0.15, 0.2) is 16.0 Å². The molecule has 2 N–H and O–H groups in total. The predicted octanol–water partition coefficient (Wildman–Crippen LogP) is 0.513. The van der Waals surface area contributed by atoms with Gasteiger partial charge in [-0.25, -0.2) is 4.99 Å². The number of aromatic nitrogens is 3. The molecule has 8 nitrogen and oxygen atoms in total. The van der Waals surface area contributed by atoms with Crippen LogP contribution >= 0.6 is 0 Å². The zero-order chi connectivity index (χ0) is 19.5. The van der Waals surface area contributed by atoms with Gasteiger partial charge in [-0.1, -0.05) is 11.8 Å². The smallest absolute Gasteiger partial charge is 0.369 e. The molecule has 0 unspecified atom stereocenters. The number of carbonyl (C=O) groups excluding carboxylic acids is 1. The number of nitrogens with one attached hydrogen (secondary N) is 2. The Morgan fingerprint density at radius 2 is 2.19 bits per heavy atom. The lowest BCUT2D eigenvalue weighted by molar-refractivity contribution is -0.173. The molecule has 2 rings (SSSR count). The van der Waals surface area contributed by atoms with Crippen molar-refractivity contribution in [3.8, 4) is 11.8 Å². The lowest BCUT2D eigenvalue weighted by Gasteiger charge is -2.03. The van der Waals surface area contributed by atoms with Gasteiger partial charge < -0.3 is 14.8 Å². The molecule has 0 saturated carbocycles. The standard InChI is InChI=1S/C15H15F3N6O2/c1-23(2)8-20-14-21-11-10(12(25)22-14)9(7-24(11)3)5-4-6-19-13(26)15(16,17)18/h7-8H,6H2,1-3H3,(H,19,26)(H,21,22,25)/b20-8-. The van der Waals surface area contributed by atoms with E-state index in [4.69, 9.17) is 0 Å². The largest absolute Gasteiger partial charge is 0.471 e. The van der Waals surface area contributed by atoms with E-state index in [1.54, 1.807) is 35.9 Å². The Hall–Kier alpha value is -3.29. The van der Waals surface area contributed by atoms with E-state index in [0.29, 0.717) is 5.65 Å². The second-order valence-corrected chi connectivity index (χ2v) is 5.43. The number of H-pyrrole nitrogens is 1. The van der Waals surface area contributed by atoms with Gasteiger partial charge in [0.2, 0.25) is 5.95 Å². The van der Waals surface area contributed by atoms with E-state index >= 15 is 0 Å². The van der Waals surface area contributed by atoms with Gasteiger partial charge in [0.1, 0.15) is 0 Å². The van der Waals surface area contributed by atoms with Gasteiger partial charge in [-0.15, -0.1) is 0 Å². The van der Waals surface area contributed by atoms with Gasteiger partial charge in [0.05, 0.1) is 23.8 Å². The van der Waals surface area contributed by atoms with Gasteiger partial charge in [-0.2, -0.15) is 18.2 Å². The van der Waals surface area contributed by atoms with Crippen LogP contribution in [-0.4, -0.2) is 58.5 Å². The number of nitrogens with zero attached hydrogens (tertiary/aromatic N) is 4. The number of halogens is 3. The summed E-state index contributed by atoms with van der Waals surface area (Å²) >= 11 is 0. The van der Waals surface area contributed by atoms with E-state index < -0.39 is 24.2 Å². The quantitative estimate of drug-likeness (QED) is 0.469. The summed E-state index contributed by atoms with van der Waals surface area (Å²) in [5.74, 6) is 2.98. The molecule has 1 amide bonds. The van der Waals surface area contributed by atoms with Crippen LogP contribution in [0, 0.1) is 11.8 Å². The van der Waals surface area contributed by atoms with Crippen LogP contribution in [0.4, 0.5) is 19.1 Å². The average molecular weight is 368 g/mol. The van der Waals surface area contributed by atoms with Crippen LogP contribution in [0.25, 0.3) is 11.0 Å². The summed E-state index contributed by atoms with van der Waals surface area (Å²) in [6.07, 6.45) is -1.98. The van der Waals surface area contributed by atoms with Crippen molar-refractivity contribution < 1.29 is 18.0 Å². The molecule has 0 aliphatic heterocycles. The summed E-state index contributed by atoms with van der Waals surface area (Å²) < 4.78 is 37.8. The molecule has 0 spiro atoms. The highest BCUT2D eigenvalue weighted by Crippen LogP contribution is 2.16. The van der Waals surface area contributed by atoms with Gasteiger partial charge in [-0.3, -0.25) is 14.6 Å². The summed E-state index contributed by atoms with van der Waals surface area (Å²) in [7, 11) is 5.16. The molecule has 0 aliphatic carbocycles. The normalized spacial score (nSPS) is 11.5. The molecule has 11 heteroatoms. The Morgan fingerprint density at radius 3 is 2.81 bits per heavy atom. The minimum absolute atomic E-state index is 0.106. The predicted molar refractivity (Wildman–Crippen MR) is 89.1 cm³/mol. The Bertz CT molecular complexity index is 975. The number of hydrogen-bond donors (Lipinski definition) is 2. The number of aromatic amines is 1. The molecule has 138 valence electrons. The first-order valence-corrected chi connectivity index (χ1v) is 7.23. The summed E-state index contributed by atoms with van der Waals surface area (Å²) in [6, 6.07) is 0. The second kappa shape index (κ2) is 7.30. The minimum Gasteiger partial charge on any atom is -0.369 e. The first-order valence-electron chi connectivity index (χ1n) is 7.23. The maximum absolute atomic E-state index is 12.3. The SMILES string of the molecule is CN(C)/C=N\c1nc2c(c(C#CCNC(=O)C(F)(F)F)cn2C)c(=O)[nH]1. The van der Waals surface area contributed by atoms with Gasteiger partial charge in [-0.05, 0) is 0 Å². The summed E-state index contributed by atoms with van der Waals surface area (Å²) in [4.78, 5) is 35.4. The summed E-state index contributed by atoms with van der Waals surface area (Å²) in [5.41, 5.74) is 0.120. The van der Waals surface area contributed by atoms with Crippen LogP contribution in [0.2, 0.25) is 0 Å².